The maximum atomic E-state index is 4.83. The third-order valence-electron chi connectivity index (χ3n) is 14.0. The molecule has 12 aromatic rings. The first-order chi connectivity index (χ1) is 37.2. The van der Waals surface area contributed by atoms with Crippen LogP contribution in [0.1, 0.15) is 29.0 Å². The Morgan fingerprint density at radius 1 is 0.293 bits per heavy atom. The van der Waals surface area contributed by atoms with Crippen LogP contribution in [-0.4, -0.2) is 29.5 Å². The number of nitrogens with zero attached hydrogens (tertiary/aromatic N) is 7. The standard InChI is InChI=1S/C68H53N7/c1-7-19-51(20-8-1)49-59(52-21-9-2-10-22-52)36-33-50-31-34-55(35-32-50)65-69-70-66(74(65)62-27-15-5-16-28-62)56-41-37-53(38-42-56)54-39-43-57(44-40-54)67-71-72-68(75(67)63-29-17-6-18-30-63)58-45-47-64(48-46-58)73(60-23-11-3-12-24-60)61-25-13-4-14-26-61/h1-32,34-35,37-48,59H,33,36,49H2. The molecule has 0 radical (unpaired) electrons. The van der Waals surface area contributed by atoms with E-state index in [4.69, 9.17) is 20.4 Å². The summed E-state index contributed by atoms with van der Waals surface area (Å²) in [5.41, 5.74) is 15.4. The Labute approximate surface area is 438 Å². The highest BCUT2D eigenvalue weighted by molar-refractivity contribution is 5.79. The average molecular weight is 968 g/mol. The van der Waals surface area contributed by atoms with Crippen LogP contribution < -0.4 is 4.90 Å². The lowest BCUT2D eigenvalue weighted by Gasteiger charge is -2.25. The van der Waals surface area contributed by atoms with Gasteiger partial charge in [-0.3, -0.25) is 9.13 Å². The predicted octanol–water partition coefficient (Wildman–Crippen LogP) is 16.6. The van der Waals surface area contributed by atoms with Crippen molar-refractivity contribution in [2.75, 3.05) is 4.90 Å². The molecule has 7 heteroatoms. The monoisotopic (exact) mass is 967 g/mol. The van der Waals surface area contributed by atoms with Gasteiger partial charge >= 0.3 is 0 Å². The summed E-state index contributed by atoms with van der Waals surface area (Å²) in [4.78, 5) is 2.26. The molecule has 0 saturated carbocycles. The molecule has 0 bridgehead atoms. The molecular weight excluding hydrogens is 915 g/mol. The summed E-state index contributed by atoms with van der Waals surface area (Å²) in [6, 6.07) is 98.0. The Bertz CT molecular complexity index is 3690. The summed E-state index contributed by atoms with van der Waals surface area (Å²) in [5.74, 6) is 3.54. The van der Waals surface area contributed by atoms with E-state index in [1.54, 1.807) is 0 Å². The fraction of sp³-hybridized carbons (Fsp3) is 0.0588. The molecule has 2 aromatic heterocycles. The van der Waals surface area contributed by atoms with E-state index >= 15 is 0 Å². The number of aromatic nitrogens is 6. The normalized spacial score (nSPS) is 11.6. The zero-order chi connectivity index (χ0) is 50.2. The van der Waals surface area contributed by atoms with E-state index < -0.39 is 0 Å². The molecule has 12 rings (SSSR count). The second-order valence-corrected chi connectivity index (χ2v) is 18.8. The molecule has 0 spiro atoms. The number of anilines is 3. The van der Waals surface area contributed by atoms with Crippen LogP contribution in [0.3, 0.4) is 0 Å². The molecule has 75 heavy (non-hydrogen) atoms. The molecule has 0 amide bonds. The first kappa shape index (κ1) is 46.4. The van der Waals surface area contributed by atoms with Crippen molar-refractivity contribution in [2.24, 2.45) is 0 Å². The van der Waals surface area contributed by atoms with E-state index in [9.17, 15) is 0 Å². The molecule has 1 atom stereocenters. The van der Waals surface area contributed by atoms with Crippen LogP contribution >= 0.6 is 0 Å². The summed E-state index contributed by atoms with van der Waals surface area (Å²) in [7, 11) is 0. The largest absolute Gasteiger partial charge is 0.311 e. The number of hydrogen-bond acceptors (Lipinski definition) is 5. The van der Waals surface area contributed by atoms with E-state index in [0.29, 0.717) is 5.92 Å². The zero-order valence-electron chi connectivity index (χ0n) is 41.4. The Morgan fingerprint density at radius 3 is 1.03 bits per heavy atom. The molecule has 2 heterocycles. The summed E-state index contributed by atoms with van der Waals surface area (Å²) >= 11 is 0. The summed E-state index contributed by atoms with van der Waals surface area (Å²) in [6.07, 6.45) is 3.06. The number of hydrogen-bond donors (Lipinski definition) is 0. The van der Waals surface area contributed by atoms with Gasteiger partial charge in [0.25, 0.3) is 0 Å². The van der Waals surface area contributed by atoms with Crippen LogP contribution in [-0.2, 0) is 12.8 Å². The van der Waals surface area contributed by atoms with Crippen molar-refractivity contribution in [1.82, 2.24) is 29.5 Å². The number of aryl methyl sites for hydroxylation is 1. The van der Waals surface area contributed by atoms with Crippen molar-refractivity contribution in [3.05, 3.63) is 296 Å². The van der Waals surface area contributed by atoms with Crippen molar-refractivity contribution < 1.29 is 0 Å². The second kappa shape index (κ2) is 21.6. The van der Waals surface area contributed by atoms with Gasteiger partial charge in [0.05, 0.1) is 0 Å². The van der Waals surface area contributed by atoms with Crippen molar-refractivity contribution in [3.8, 4) is 68.1 Å². The summed E-state index contributed by atoms with van der Waals surface area (Å²) in [5, 5.41) is 19.3. The third kappa shape index (κ3) is 10.1. The molecule has 0 aliphatic carbocycles. The summed E-state index contributed by atoms with van der Waals surface area (Å²) in [6.45, 7) is 0. The molecule has 0 fully saturated rings. The van der Waals surface area contributed by atoms with Gasteiger partial charge in [-0.2, -0.15) is 0 Å². The van der Waals surface area contributed by atoms with Gasteiger partial charge in [-0.1, -0.05) is 206 Å². The second-order valence-electron chi connectivity index (χ2n) is 18.8. The summed E-state index contributed by atoms with van der Waals surface area (Å²) < 4.78 is 4.31. The lowest BCUT2D eigenvalue weighted by molar-refractivity contribution is 0.621. The van der Waals surface area contributed by atoms with Gasteiger partial charge in [-0.05, 0) is 126 Å². The van der Waals surface area contributed by atoms with Gasteiger partial charge in [-0.25, -0.2) is 0 Å². The molecule has 0 saturated heterocycles. The third-order valence-corrected chi connectivity index (χ3v) is 14.0. The van der Waals surface area contributed by atoms with Crippen LogP contribution in [0.15, 0.2) is 279 Å². The molecule has 0 aliphatic rings. The highest BCUT2D eigenvalue weighted by Crippen LogP contribution is 2.37. The topological polar surface area (TPSA) is 64.7 Å². The molecule has 0 N–H and O–H groups in total. The molecule has 10 aromatic carbocycles. The lowest BCUT2D eigenvalue weighted by atomic mass is 9.87. The number of para-hydroxylation sites is 4. The Kier molecular flexibility index (Phi) is 13.3. The Balaban J connectivity index is 0.791. The van der Waals surface area contributed by atoms with Crippen LogP contribution in [0.2, 0.25) is 0 Å². The minimum absolute atomic E-state index is 0.430. The molecule has 1 unspecified atom stereocenters. The molecular formula is C68H53N7. The first-order valence-electron chi connectivity index (χ1n) is 25.6. The quantitative estimate of drug-likeness (QED) is 0.0965. The van der Waals surface area contributed by atoms with Crippen LogP contribution in [0.25, 0.3) is 68.1 Å². The van der Waals surface area contributed by atoms with E-state index in [1.807, 2.05) is 36.4 Å². The number of rotatable bonds is 16. The van der Waals surface area contributed by atoms with Crippen LogP contribution in [0.4, 0.5) is 17.1 Å². The van der Waals surface area contributed by atoms with E-state index in [-0.39, 0.29) is 0 Å². The molecule has 7 nitrogen and oxygen atoms in total. The average Bonchev–Trinajstić information content (AvgIpc) is 4.15. The van der Waals surface area contributed by atoms with Gasteiger partial charge in [0.2, 0.25) is 0 Å². The van der Waals surface area contributed by atoms with Gasteiger partial charge in [0.1, 0.15) is 0 Å². The van der Waals surface area contributed by atoms with Crippen molar-refractivity contribution in [2.45, 2.75) is 25.2 Å². The molecule has 0 aliphatic heterocycles. The number of benzene rings is 10. The molecule has 360 valence electrons. The van der Waals surface area contributed by atoms with E-state index in [0.717, 1.165) is 104 Å². The predicted molar refractivity (Wildman–Crippen MR) is 306 cm³/mol. The SMILES string of the molecule is c1ccc(CC(CCc2ccc(-c3nnc(-c4ccc(-c5ccc(-c6nnc(-c7ccc(N(c8ccccc8)c8ccccc8)cc7)n6-c6ccccc6)cc5)cc4)n3-c3ccccc3)cc2)c2ccccc2)cc1. The van der Waals surface area contributed by atoms with Crippen molar-refractivity contribution in [3.63, 3.8) is 0 Å². The highest BCUT2D eigenvalue weighted by atomic mass is 15.3. The van der Waals surface area contributed by atoms with E-state index in [2.05, 4.69) is 257 Å². The zero-order valence-corrected chi connectivity index (χ0v) is 41.4. The minimum atomic E-state index is 0.430. The van der Waals surface area contributed by atoms with Crippen LogP contribution in [0, 0.1) is 0 Å². The maximum Gasteiger partial charge on any atom is 0.168 e. The lowest BCUT2D eigenvalue weighted by Crippen LogP contribution is -2.09. The van der Waals surface area contributed by atoms with Crippen LogP contribution in [0.5, 0.6) is 0 Å². The van der Waals surface area contributed by atoms with Gasteiger partial charge in [-0.15, -0.1) is 20.4 Å². The van der Waals surface area contributed by atoms with Gasteiger partial charge in [0, 0.05) is 50.7 Å². The van der Waals surface area contributed by atoms with Crippen molar-refractivity contribution >= 4 is 17.1 Å². The van der Waals surface area contributed by atoms with Gasteiger partial charge in [0.15, 0.2) is 23.3 Å². The Hall–Kier alpha value is -9.72. The Morgan fingerprint density at radius 2 is 0.613 bits per heavy atom. The first-order valence-corrected chi connectivity index (χ1v) is 25.6. The van der Waals surface area contributed by atoms with Crippen molar-refractivity contribution in [1.29, 1.82) is 0 Å². The minimum Gasteiger partial charge on any atom is -0.311 e. The van der Waals surface area contributed by atoms with Gasteiger partial charge < -0.3 is 4.90 Å². The fourth-order valence-corrected chi connectivity index (χ4v) is 10.1. The smallest absolute Gasteiger partial charge is 0.168 e. The maximum absolute atomic E-state index is 4.83. The van der Waals surface area contributed by atoms with E-state index in [1.165, 1.54) is 16.7 Å². The fourth-order valence-electron chi connectivity index (χ4n) is 10.1. The highest BCUT2D eigenvalue weighted by Gasteiger charge is 2.21.